The molecule has 1 unspecified atom stereocenters. The van der Waals surface area contributed by atoms with Gasteiger partial charge < -0.3 is 34.7 Å². The Kier molecular flexibility index (Phi) is 33.9. The molecule has 0 saturated heterocycles. The molecule has 0 fully saturated rings. The first-order chi connectivity index (χ1) is 29.9. The summed E-state index contributed by atoms with van der Waals surface area (Å²) in [6.45, 7) is 7.58. The highest BCUT2D eigenvalue weighted by molar-refractivity contribution is 7.47. The number of allylic oxidation sites excluding steroid dienone is 8. The van der Waals surface area contributed by atoms with Crippen molar-refractivity contribution in [2.45, 2.75) is 174 Å². The van der Waals surface area contributed by atoms with Crippen LogP contribution in [-0.4, -0.2) is 71.7 Å². The standard InChI is InChI=1S/C49H80NO11P/c1-5-7-21-29-43(51)30-23-16-12-11-13-17-24-31-44(52)32-25-20-28-35-48(53)57-39-45(40-59-62(55,56)58-38-37-50)60-49(54)36-27-19-15-10-9-14-18-26-34-47-42(4)41(3)46(61-47)33-22-8-6-2/h7,12-13,16-17,21,23-25,30-32,43-45,51-52H,5-6,8-11,14-15,18-20,22,26-29,33-40,50H2,1-4H3,(H,55,56)/b16-12-,17-13-,21-7-,30-23+,31-24+,32-25-/t43-,44-,45-/m1/s1. The predicted octanol–water partition coefficient (Wildman–Crippen LogP) is 10.6. The van der Waals surface area contributed by atoms with Gasteiger partial charge in [-0.2, -0.15) is 0 Å². The van der Waals surface area contributed by atoms with Gasteiger partial charge in [-0.1, -0.05) is 138 Å². The lowest BCUT2D eigenvalue weighted by atomic mass is 10.0. The molecule has 62 heavy (non-hydrogen) atoms. The number of unbranched alkanes of at least 4 members (excludes halogenated alkanes) is 10. The van der Waals surface area contributed by atoms with Gasteiger partial charge in [0.1, 0.15) is 18.1 Å². The van der Waals surface area contributed by atoms with E-state index >= 15 is 0 Å². The van der Waals surface area contributed by atoms with Crippen LogP contribution in [0.25, 0.3) is 0 Å². The summed E-state index contributed by atoms with van der Waals surface area (Å²) in [5, 5.41) is 20.0. The van der Waals surface area contributed by atoms with Crippen LogP contribution < -0.4 is 5.73 Å². The normalized spacial score (nSPS) is 14.9. The van der Waals surface area contributed by atoms with Gasteiger partial charge in [-0.15, -0.1) is 0 Å². The third-order valence-corrected chi connectivity index (χ3v) is 11.0. The maximum atomic E-state index is 12.7. The lowest BCUT2D eigenvalue weighted by Gasteiger charge is -2.19. The Hall–Kier alpha value is -3.35. The van der Waals surface area contributed by atoms with Crippen LogP contribution in [0.15, 0.2) is 77.3 Å². The van der Waals surface area contributed by atoms with E-state index in [4.69, 9.17) is 28.7 Å². The van der Waals surface area contributed by atoms with Gasteiger partial charge in [-0.05, 0) is 76.3 Å². The first-order valence-corrected chi connectivity index (χ1v) is 24.5. The van der Waals surface area contributed by atoms with E-state index in [-0.39, 0.29) is 32.6 Å². The van der Waals surface area contributed by atoms with Gasteiger partial charge in [0.2, 0.25) is 0 Å². The molecule has 5 N–H and O–H groups in total. The summed E-state index contributed by atoms with van der Waals surface area (Å²) in [6, 6.07) is 0. The summed E-state index contributed by atoms with van der Waals surface area (Å²) in [6.07, 6.45) is 36.9. The first kappa shape index (κ1) is 56.7. The second kappa shape index (κ2) is 37.1. The smallest absolute Gasteiger partial charge is 0.466 e. The molecule has 1 aromatic rings. The molecule has 1 heterocycles. The Morgan fingerprint density at radius 2 is 1.32 bits per heavy atom. The first-order valence-electron chi connectivity index (χ1n) is 23.0. The van der Waals surface area contributed by atoms with Crippen molar-refractivity contribution in [1.29, 1.82) is 0 Å². The molecule has 0 saturated carbocycles. The third kappa shape index (κ3) is 30.7. The lowest BCUT2D eigenvalue weighted by Crippen LogP contribution is -2.29. The average molecular weight is 890 g/mol. The van der Waals surface area contributed by atoms with Crippen LogP contribution in [0.2, 0.25) is 0 Å². The largest absolute Gasteiger partial charge is 0.472 e. The fraction of sp³-hybridized carbons (Fsp3) is 0.633. The molecule has 0 aliphatic carbocycles. The van der Waals surface area contributed by atoms with Crippen molar-refractivity contribution >= 4 is 19.8 Å². The van der Waals surface area contributed by atoms with Crippen molar-refractivity contribution in [1.82, 2.24) is 0 Å². The second-order valence-electron chi connectivity index (χ2n) is 15.5. The summed E-state index contributed by atoms with van der Waals surface area (Å²) in [7, 11) is -4.45. The van der Waals surface area contributed by atoms with Crippen molar-refractivity contribution in [2.75, 3.05) is 26.4 Å². The monoisotopic (exact) mass is 890 g/mol. The zero-order valence-corrected chi connectivity index (χ0v) is 39.2. The highest BCUT2D eigenvalue weighted by atomic mass is 31.2. The lowest BCUT2D eigenvalue weighted by molar-refractivity contribution is -0.161. The van der Waals surface area contributed by atoms with Gasteiger partial charge in [0, 0.05) is 32.2 Å². The highest BCUT2D eigenvalue weighted by Gasteiger charge is 2.26. The van der Waals surface area contributed by atoms with Gasteiger partial charge in [0.05, 0.1) is 25.4 Å². The molecule has 1 aromatic heterocycles. The molecule has 0 bridgehead atoms. The van der Waals surface area contributed by atoms with E-state index < -0.39 is 44.7 Å². The number of ether oxygens (including phenoxy) is 2. The van der Waals surface area contributed by atoms with Crippen LogP contribution in [-0.2, 0) is 45.5 Å². The molecule has 1 rings (SSSR count). The zero-order chi connectivity index (χ0) is 45.7. The number of esters is 2. The van der Waals surface area contributed by atoms with Gasteiger partial charge in [-0.3, -0.25) is 18.6 Å². The number of aliphatic hydroxyl groups is 2. The number of furan rings is 1. The predicted molar refractivity (Wildman–Crippen MR) is 249 cm³/mol. The van der Waals surface area contributed by atoms with E-state index in [0.29, 0.717) is 32.1 Å². The molecular weight excluding hydrogens is 810 g/mol. The van der Waals surface area contributed by atoms with Crippen molar-refractivity contribution < 1.29 is 52.2 Å². The maximum absolute atomic E-state index is 12.7. The van der Waals surface area contributed by atoms with Crippen LogP contribution >= 0.6 is 7.82 Å². The molecular formula is C49H80NO11P. The molecule has 0 spiro atoms. The maximum Gasteiger partial charge on any atom is 0.472 e. The third-order valence-electron chi connectivity index (χ3n) is 9.98. The minimum Gasteiger partial charge on any atom is -0.466 e. The number of hydrogen-bond donors (Lipinski definition) is 4. The highest BCUT2D eigenvalue weighted by Crippen LogP contribution is 2.43. The number of hydrogen-bond acceptors (Lipinski definition) is 11. The number of phosphoric ester groups is 1. The Morgan fingerprint density at radius 1 is 0.710 bits per heavy atom. The number of phosphoric acid groups is 1. The van der Waals surface area contributed by atoms with Crippen molar-refractivity contribution in [3.05, 3.63) is 95.6 Å². The van der Waals surface area contributed by atoms with Crippen molar-refractivity contribution in [2.24, 2.45) is 5.73 Å². The van der Waals surface area contributed by atoms with E-state index in [2.05, 4.69) is 27.7 Å². The molecule has 0 aliphatic rings. The van der Waals surface area contributed by atoms with Crippen molar-refractivity contribution in [3.63, 3.8) is 0 Å². The molecule has 13 heteroatoms. The number of nitrogens with two attached hydrogens (primary N) is 1. The molecule has 0 aliphatic heterocycles. The Bertz CT molecular complexity index is 1560. The summed E-state index contributed by atoms with van der Waals surface area (Å²) in [5.74, 6) is 1.26. The van der Waals surface area contributed by atoms with Gasteiger partial charge in [0.15, 0.2) is 6.10 Å². The Morgan fingerprint density at radius 3 is 1.97 bits per heavy atom. The fourth-order valence-electron chi connectivity index (χ4n) is 6.26. The molecule has 352 valence electrons. The molecule has 12 nitrogen and oxygen atoms in total. The topological polar surface area (TPSA) is 188 Å². The van der Waals surface area contributed by atoms with Crippen LogP contribution in [0.4, 0.5) is 0 Å². The van der Waals surface area contributed by atoms with Gasteiger partial charge in [-0.25, -0.2) is 4.57 Å². The number of carbonyl (C=O) groups excluding carboxylic acids is 2. The molecule has 0 aromatic carbocycles. The Labute approximate surface area is 373 Å². The van der Waals surface area contributed by atoms with Gasteiger partial charge >= 0.3 is 19.8 Å². The van der Waals surface area contributed by atoms with Crippen molar-refractivity contribution in [3.8, 4) is 0 Å². The minimum absolute atomic E-state index is 0.0139. The summed E-state index contributed by atoms with van der Waals surface area (Å²) >= 11 is 0. The number of aryl methyl sites for hydroxylation is 2. The van der Waals surface area contributed by atoms with Gasteiger partial charge in [0.25, 0.3) is 0 Å². The van der Waals surface area contributed by atoms with E-state index in [9.17, 15) is 29.3 Å². The SMILES string of the molecule is CC/C=C\C[C@@H](O)/C=C/C=C\C/C=C\C=C\[C@@H](O)/C=C\CCCC(=O)OC[C@H](COP(=O)(O)OCCN)OC(=O)CCCCCCCCCCc1oc(CCCCC)c(C)c1C. The van der Waals surface area contributed by atoms with Crippen LogP contribution in [0.3, 0.4) is 0 Å². The van der Waals surface area contributed by atoms with Crippen LogP contribution in [0.1, 0.15) is 152 Å². The fourth-order valence-corrected chi connectivity index (χ4v) is 7.02. The number of carbonyl (C=O) groups is 2. The summed E-state index contributed by atoms with van der Waals surface area (Å²) in [5.41, 5.74) is 7.97. The zero-order valence-electron chi connectivity index (χ0n) is 38.3. The van der Waals surface area contributed by atoms with E-state index in [1.165, 1.54) is 30.4 Å². The summed E-state index contributed by atoms with van der Waals surface area (Å²) in [4.78, 5) is 35.0. The summed E-state index contributed by atoms with van der Waals surface area (Å²) < 4.78 is 39.0. The molecule has 0 radical (unpaired) electrons. The molecule has 4 atom stereocenters. The Balaban J connectivity index is 2.35. The van der Waals surface area contributed by atoms with E-state index in [1.807, 2.05) is 42.5 Å². The minimum atomic E-state index is -4.45. The molecule has 0 amide bonds. The number of aliphatic hydroxyl groups excluding tert-OH is 2. The van der Waals surface area contributed by atoms with Crippen LogP contribution in [0.5, 0.6) is 0 Å². The van der Waals surface area contributed by atoms with E-state index in [0.717, 1.165) is 75.7 Å². The average Bonchev–Trinajstić information content (AvgIpc) is 3.51. The van der Waals surface area contributed by atoms with E-state index in [1.54, 1.807) is 30.4 Å². The van der Waals surface area contributed by atoms with Crippen LogP contribution in [0, 0.1) is 13.8 Å². The second-order valence-corrected chi connectivity index (χ2v) is 17.0. The number of rotatable bonds is 38. The quantitative estimate of drug-likeness (QED) is 0.0162.